The monoisotopic (exact) mass is 189 g/mol. The number of rotatable bonds is 4. The van der Waals surface area contributed by atoms with Crippen LogP contribution in [0.5, 0.6) is 5.75 Å². The van der Waals surface area contributed by atoms with E-state index in [9.17, 15) is 0 Å². The summed E-state index contributed by atoms with van der Waals surface area (Å²) in [6.07, 6.45) is 5.29. The van der Waals surface area contributed by atoms with Gasteiger partial charge in [-0.05, 0) is 26.0 Å². The maximum atomic E-state index is 5.62. The van der Waals surface area contributed by atoms with E-state index in [0.717, 1.165) is 17.0 Å². The van der Waals surface area contributed by atoms with E-state index in [1.165, 1.54) is 0 Å². The lowest BCUT2D eigenvalue weighted by Crippen LogP contribution is -2.07. The quantitative estimate of drug-likeness (QED) is 0.725. The summed E-state index contributed by atoms with van der Waals surface area (Å²) in [5, 5.41) is 0. The standard InChI is InChI=1S/C12H15NO/c1-5-10-11(6-2)13-8-7-12(10)14-9(3)4/h5-9H,1-2H2,3-4H3. The van der Waals surface area contributed by atoms with Crippen LogP contribution < -0.4 is 4.74 Å². The van der Waals surface area contributed by atoms with E-state index in [2.05, 4.69) is 18.1 Å². The third-order valence-electron chi connectivity index (χ3n) is 1.74. The minimum atomic E-state index is 0.147. The lowest BCUT2D eigenvalue weighted by Gasteiger charge is -2.13. The van der Waals surface area contributed by atoms with Crippen molar-refractivity contribution in [2.75, 3.05) is 0 Å². The predicted molar refractivity (Wildman–Crippen MR) is 60.2 cm³/mol. The Hall–Kier alpha value is -1.57. The minimum Gasteiger partial charge on any atom is -0.490 e. The normalized spacial score (nSPS) is 9.93. The van der Waals surface area contributed by atoms with E-state index in [4.69, 9.17) is 4.74 Å². The van der Waals surface area contributed by atoms with Gasteiger partial charge in [-0.1, -0.05) is 19.2 Å². The van der Waals surface area contributed by atoms with Crippen molar-refractivity contribution in [1.29, 1.82) is 0 Å². The molecule has 0 saturated carbocycles. The molecule has 2 nitrogen and oxygen atoms in total. The first kappa shape index (κ1) is 10.5. The number of nitrogens with zero attached hydrogens (tertiary/aromatic N) is 1. The van der Waals surface area contributed by atoms with Gasteiger partial charge in [0.25, 0.3) is 0 Å². The van der Waals surface area contributed by atoms with E-state index >= 15 is 0 Å². The van der Waals surface area contributed by atoms with E-state index in [1.54, 1.807) is 18.3 Å². The first-order valence-corrected chi connectivity index (χ1v) is 4.59. The van der Waals surface area contributed by atoms with Crippen molar-refractivity contribution in [2.45, 2.75) is 20.0 Å². The Balaban J connectivity index is 3.14. The van der Waals surface area contributed by atoms with Gasteiger partial charge in [-0.3, -0.25) is 4.98 Å². The van der Waals surface area contributed by atoms with Crippen molar-refractivity contribution >= 4 is 12.2 Å². The summed E-state index contributed by atoms with van der Waals surface area (Å²) in [6.45, 7) is 11.4. The van der Waals surface area contributed by atoms with Crippen molar-refractivity contribution in [3.8, 4) is 5.75 Å². The van der Waals surface area contributed by atoms with Crippen LogP contribution in [0, 0.1) is 0 Å². The third-order valence-corrected chi connectivity index (χ3v) is 1.74. The van der Waals surface area contributed by atoms with Gasteiger partial charge in [-0.15, -0.1) is 0 Å². The van der Waals surface area contributed by atoms with Crippen molar-refractivity contribution in [3.05, 3.63) is 36.7 Å². The highest BCUT2D eigenvalue weighted by Gasteiger charge is 2.06. The Morgan fingerprint density at radius 1 is 1.36 bits per heavy atom. The van der Waals surface area contributed by atoms with Crippen molar-refractivity contribution in [3.63, 3.8) is 0 Å². The van der Waals surface area contributed by atoms with E-state index in [1.807, 2.05) is 19.9 Å². The first-order chi connectivity index (χ1) is 6.69. The molecule has 0 amide bonds. The molecule has 1 rings (SSSR count). The highest BCUT2D eigenvalue weighted by atomic mass is 16.5. The average molecular weight is 189 g/mol. The summed E-state index contributed by atoms with van der Waals surface area (Å²) < 4.78 is 5.62. The van der Waals surface area contributed by atoms with Crippen molar-refractivity contribution in [1.82, 2.24) is 4.98 Å². The van der Waals surface area contributed by atoms with Gasteiger partial charge in [0, 0.05) is 11.8 Å². The van der Waals surface area contributed by atoms with Crippen LogP contribution in [-0.4, -0.2) is 11.1 Å². The molecule has 0 fully saturated rings. The topological polar surface area (TPSA) is 22.1 Å². The van der Waals surface area contributed by atoms with Gasteiger partial charge in [0.1, 0.15) is 5.75 Å². The molecule has 0 aliphatic heterocycles. The van der Waals surface area contributed by atoms with Gasteiger partial charge in [0.05, 0.1) is 11.8 Å². The number of ether oxygens (including phenoxy) is 1. The molecule has 0 N–H and O–H groups in total. The molecule has 0 saturated heterocycles. The van der Waals surface area contributed by atoms with Crippen LogP contribution in [0.25, 0.3) is 12.2 Å². The second-order valence-electron chi connectivity index (χ2n) is 3.18. The fourth-order valence-electron chi connectivity index (χ4n) is 1.20. The Labute approximate surface area is 84.9 Å². The summed E-state index contributed by atoms with van der Waals surface area (Å²) in [5.41, 5.74) is 1.70. The maximum Gasteiger partial charge on any atom is 0.130 e. The molecule has 1 aromatic rings. The predicted octanol–water partition coefficient (Wildman–Crippen LogP) is 3.15. The molecule has 14 heavy (non-hydrogen) atoms. The van der Waals surface area contributed by atoms with Gasteiger partial charge in [0.15, 0.2) is 0 Å². The molecule has 0 aromatic carbocycles. The average Bonchev–Trinajstić information content (AvgIpc) is 2.16. The van der Waals surface area contributed by atoms with Crippen LogP contribution in [0.15, 0.2) is 25.4 Å². The molecule has 0 aliphatic carbocycles. The van der Waals surface area contributed by atoms with Gasteiger partial charge in [0.2, 0.25) is 0 Å². The zero-order valence-corrected chi connectivity index (χ0v) is 8.66. The van der Waals surface area contributed by atoms with Crippen LogP contribution in [0.3, 0.4) is 0 Å². The van der Waals surface area contributed by atoms with Crippen LogP contribution >= 0.6 is 0 Å². The zero-order chi connectivity index (χ0) is 10.6. The highest BCUT2D eigenvalue weighted by molar-refractivity contribution is 5.65. The van der Waals surface area contributed by atoms with E-state index < -0.39 is 0 Å². The lowest BCUT2D eigenvalue weighted by atomic mass is 10.1. The molecule has 2 heteroatoms. The molecule has 0 bridgehead atoms. The number of hydrogen-bond acceptors (Lipinski definition) is 2. The van der Waals surface area contributed by atoms with Crippen LogP contribution in [0.2, 0.25) is 0 Å². The van der Waals surface area contributed by atoms with E-state index in [-0.39, 0.29) is 6.10 Å². The highest BCUT2D eigenvalue weighted by Crippen LogP contribution is 2.23. The van der Waals surface area contributed by atoms with Crippen LogP contribution in [0.1, 0.15) is 25.1 Å². The summed E-state index contributed by atoms with van der Waals surface area (Å²) in [7, 11) is 0. The molecular weight excluding hydrogens is 174 g/mol. The summed E-state index contributed by atoms with van der Waals surface area (Å²) in [4.78, 5) is 4.17. The minimum absolute atomic E-state index is 0.147. The van der Waals surface area contributed by atoms with Crippen molar-refractivity contribution < 1.29 is 4.74 Å². The smallest absolute Gasteiger partial charge is 0.130 e. The number of pyridine rings is 1. The van der Waals surface area contributed by atoms with Crippen LogP contribution in [-0.2, 0) is 0 Å². The molecule has 1 heterocycles. The van der Waals surface area contributed by atoms with Gasteiger partial charge in [-0.2, -0.15) is 0 Å². The second kappa shape index (κ2) is 4.61. The van der Waals surface area contributed by atoms with Gasteiger partial charge < -0.3 is 4.74 Å². The van der Waals surface area contributed by atoms with Gasteiger partial charge in [-0.25, -0.2) is 0 Å². The molecule has 0 unspecified atom stereocenters. The molecule has 0 spiro atoms. The zero-order valence-electron chi connectivity index (χ0n) is 8.66. The molecular formula is C12H15NO. The second-order valence-corrected chi connectivity index (χ2v) is 3.18. The molecule has 0 atom stereocenters. The fraction of sp³-hybridized carbons (Fsp3) is 0.250. The van der Waals surface area contributed by atoms with Gasteiger partial charge >= 0.3 is 0 Å². The molecule has 0 radical (unpaired) electrons. The number of hydrogen-bond donors (Lipinski definition) is 0. The molecule has 1 aromatic heterocycles. The largest absolute Gasteiger partial charge is 0.490 e. The SMILES string of the molecule is C=Cc1nccc(OC(C)C)c1C=C. The van der Waals surface area contributed by atoms with Crippen molar-refractivity contribution in [2.24, 2.45) is 0 Å². The summed E-state index contributed by atoms with van der Waals surface area (Å²) >= 11 is 0. The molecule has 0 aliphatic rings. The first-order valence-electron chi connectivity index (χ1n) is 4.59. The fourth-order valence-corrected chi connectivity index (χ4v) is 1.20. The maximum absolute atomic E-state index is 5.62. The van der Waals surface area contributed by atoms with Crippen LogP contribution in [0.4, 0.5) is 0 Å². The molecule has 74 valence electrons. The Morgan fingerprint density at radius 2 is 2.07 bits per heavy atom. The summed E-state index contributed by atoms with van der Waals surface area (Å²) in [5.74, 6) is 0.805. The Kier molecular flexibility index (Phi) is 3.46. The Morgan fingerprint density at radius 3 is 2.57 bits per heavy atom. The Bertz CT molecular complexity index is 342. The number of aromatic nitrogens is 1. The third kappa shape index (κ3) is 2.22. The van der Waals surface area contributed by atoms with E-state index in [0.29, 0.717) is 0 Å². The summed E-state index contributed by atoms with van der Waals surface area (Å²) in [6, 6.07) is 1.84. The lowest BCUT2D eigenvalue weighted by molar-refractivity contribution is 0.241.